The summed E-state index contributed by atoms with van der Waals surface area (Å²) in [6.07, 6.45) is 1.38. The second-order valence-electron chi connectivity index (χ2n) is 6.95. The topological polar surface area (TPSA) is 60.9 Å². The quantitative estimate of drug-likeness (QED) is 0.769. The smallest absolute Gasteiger partial charge is 0.320 e. The van der Waals surface area contributed by atoms with Crippen molar-refractivity contribution in [2.75, 3.05) is 26.2 Å². The highest BCUT2D eigenvalue weighted by Gasteiger charge is 2.37. The molecule has 0 atom stereocenters. The number of piperidine rings is 1. The van der Waals surface area contributed by atoms with Crippen LogP contribution in [0.3, 0.4) is 0 Å². The van der Waals surface area contributed by atoms with Gasteiger partial charge in [-0.15, -0.1) is 11.3 Å². The third-order valence-corrected chi connectivity index (χ3v) is 8.57. The number of sulfonamides is 1. The zero-order chi connectivity index (χ0) is 18.9. The predicted molar refractivity (Wildman–Crippen MR) is 105 cm³/mol. The van der Waals surface area contributed by atoms with E-state index < -0.39 is 10.0 Å². The van der Waals surface area contributed by atoms with Crippen LogP contribution < -0.4 is 0 Å². The molecule has 1 aromatic heterocycles. The van der Waals surface area contributed by atoms with Gasteiger partial charge >= 0.3 is 6.03 Å². The monoisotopic (exact) mass is 405 g/mol. The van der Waals surface area contributed by atoms with E-state index in [9.17, 15) is 13.2 Å². The van der Waals surface area contributed by atoms with Gasteiger partial charge in [-0.25, -0.2) is 13.2 Å². The summed E-state index contributed by atoms with van der Waals surface area (Å²) in [6, 6.07) is 13.6. The van der Waals surface area contributed by atoms with Gasteiger partial charge in [-0.1, -0.05) is 36.4 Å². The minimum atomic E-state index is -3.39. The van der Waals surface area contributed by atoms with Crippen molar-refractivity contribution in [1.29, 1.82) is 0 Å². The van der Waals surface area contributed by atoms with E-state index in [2.05, 4.69) is 0 Å². The molecule has 2 amide bonds. The summed E-state index contributed by atoms with van der Waals surface area (Å²) >= 11 is 1.25. The molecule has 0 aliphatic carbocycles. The molecule has 0 radical (unpaired) electrons. The number of hydrogen-bond donors (Lipinski definition) is 0. The Morgan fingerprint density at radius 2 is 1.70 bits per heavy atom. The first-order chi connectivity index (χ1) is 13.1. The van der Waals surface area contributed by atoms with Crippen LogP contribution in [-0.2, 0) is 16.6 Å². The van der Waals surface area contributed by atoms with Gasteiger partial charge < -0.3 is 9.80 Å². The van der Waals surface area contributed by atoms with E-state index in [1.54, 1.807) is 21.8 Å². The van der Waals surface area contributed by atoms with Crippen LogP contribution in [0.1, 0.15) is 18.4 Å². The molecule has 0 N–H and O–H groups in total. The first-order valence-electron chi connectivity index (χ1n) is 9.19. The molecule has 8 heteroatoms. The SMILES string of the molecule is O=C1N(Cc2ccccc2)CCN1C1CCN(S(=O)(=O)c2cccs2)CC1. The van der Waals surface area contributed by atoms with E-state index in [1.165, 1.54) is 11.3 Å². The molecule has 144 valence electrons. The van der Waals surface area contributed by atoms with Crippen LogP contribution in [-0.4, -0.2) is 60.8 Å². The van der Waals surface area contributed by atoms with E-state index in [0.29, 0.717) is 43.2 Å². The van der Waals surface area contributed by atoms with Gasteiger partial charge in [0, 0.05) is 38.8 Å². The van der Waals surface area contributed by atoms with Gasteiger partial charge in [0.15, 0.2) is 0 Å². The van der Waals surface area contributed by atoms with Gasteiger partial charge in [0.25, 0.3) is 10.0 Å². The molecule has 3 heterocycles. The van der Waals surface area contributed by atoms with Crippen LogP contribution in [0.15, 0.2) is 52.1 Å². The van der Waals surface area contributed by atoms with E-state index >= 15 is 0 Å². The van der Waals surface area contributed by atoms with Crippen LogP contribution in [0.4, 0.5) is 4.79 Å². The maximum atomic E-state index is 12.8. The summed E-state index contributed by atoms with van der Waals surface area (Å²) in [6.45, 7) is 3.00. The number of thiophene rings is 1. The second kappa shape index (κ2) is 7.61. The van der Waals surface area contributed by atoms with Gasteiger partial charge in [-0.3, -0.25) is 0 Å². The van der Waals surface area contributed by atoms with E-state index in [4.69, 9.17) is 0 Å². The summed E-state index contributed by atoms with van der Waals surface area (Å²) in [5.74, 6) is 0. The van der Waals surface area contributed by atoms with Gasteiger partial charge in [-0.05, 0) is 29.9 Å². The van der Waals surface area contributed by atoms with Crippen molar-refractivity contribution >= 4 is 27.4 Å². The Balaban J connectivity index is 1.35. The second-order valence-corrected chi connectivity index (χ2v) is 10.1. The molecule has 6 nitrogen and oxygen atoms in total. The third kappa shape index (κ3) is 3.74. The van der Waals surface area contributed by atoms with Gasteiger partial charge in [0.2, 0.25) is 0 Å². The van der Waals surface area contributed by atoms with Crippen molar-refractivity contribution in [2.24, 2.45) is 0 Å². The third-order valence-electron chi connectivity index (χ3n) is 5.30. The van der Waals surface area contributed by atoms with Crippen molar-refractivity contribution in [1.82, 2.24) is 14.1 Å². The maximum Gasteiger partial charge on any atom is 0.320 e. The normalized spacial score (nSPS) is 19.8. The van der Waals surface area contributed by atoms with Gasteiger partial charge in [0.05, 0.1) is 0 Å². The highest BCUT2D eigenvalue weighted by Crippen LogP contribution is 2.27. The highest BCUT2D eigenvalue weighted by molar-refractivity contribution is 7.91. The molecule has 2 aliphatic heterocycles. The maximum absolute atomic E-state index is 12.8. The van der Waals surface area contributed by atoms with Crippen molar-refractivity contribution in [2.45, 2.75) is 29.6 Å². The van der Waals surface area contributed by atoms with Crippen LogP contribution in [0.5, 0.6) is 0 Å². The zero-order valence-corrected chi connectivity index (χ0v) is 16.7. The molecule has 0 spiro atoms. The van der Waals surface area contributed by atoms with Crippen LogP contribution in [0.25, 0.3) is 0 Å². The van der Waals surface area contributed by atoms with E-state index in [0.717, 1.165) is 12.1 Å². The fourth-order valence-electron chi connectivity index (χ4n) is 3.82. The Hall–Kier alpha value is -1.90. The standard InChI is InChI=1S/C19H23N3O3S2/c23-19-20(15-16-5-2-1-3-6-16)12-13-22(19)17-8-10-21(11-9-17)27(24,25)18-7-4-14-26-18/h1-7,14,17H,8-13,15H2. The number of carbonyl (C=O) groups excluding carboxylic acids is 1. The molecule has 2 fully saturated rings. The number of amides is 2. The Bertz CT molecular complexity index is 876. The number of hydrogen-bond acceptors (Lipinski definition) is 4. The molecular formula is C19H23N3O3S2. The molecule has 1 aromatic carbocycles. The van der Waals surface area contributed by atoms with Crippen LogP contribution in [0, 0.1) is 0 Å². The minimum absolute atomic E-state index is 0.0680. The number of benzene rings is 1. The largest absolute Gasteiger partial charge is 0.320 e. The first kappa shape index (κ1) is 18.5. The van der Waals surface area contributed by atoms with Crippen LogP contribution in [0.2, 0.25) is 0 Å². The fourth-order valence-corrected chi connectivity index (χ4v) is 6.44. The molecule has 2 aromatic rings. The van der Waals surface area contributed by atoms with Crippen molar-refractivity contribution in [3.05, 3.63) is 53.4 Å². The Morgan fingerprint density at radius 1 is 0.963 bits per heavy atom. The fraction of sp³-hybridized carbons (Fsp3) is 0.421. The van der Waals surface area contributed by atoms with Crippen molar-refractivity contribution in [3.63, 3.8) is 0 Å². The number of nitrogens with zero attached hydrogens (tertiary/aromatic N) is 3. The molecule has 0 unspecified atom stereocenters. The summed E-state index contributed by atoms with van der Waals surface area (Å²) in [4.78, 5) is 16.6. The lowest BCUT2D eigenvalue weighted by atomic mass is 10.1. The average molecular weight is 406 g/mol. The lowest BCUT2D eigenvalue weighted by Crippen LogP contribution is -2.47. The molecule has 0 saturated carbocycles. The molecule has 0 bridgehead atoms. The van der Waals surface area contributed by atoms with Gasteiger partial charge in [0.1, 0.15) is 4.21 Å². The van der Waals surface area contributed by atoms with Crippen LogP contribution >= 0.6 is 11.3 Å². The lowest BCUT2D eigenvalue weighted by Gasteiger charge is -2.35. The minimum Gasteiger partial charge on any atom is -0.320 e. The van der Waals surface area contributed by atoms with Crippen molar-refractivity contribution in [3.8, 4) is 0 Å². The lowest BCUT2D eigenvalue weighted by molar-refractivity contribution is 0.153. The summed E-state index contributed by atoms with van der Waals surface area (Å²) < 4.78 is 27.2. The predicted octanol–water partition coefficient (Wildman–Crippen LogP) is 2.84. The molecule has 27 heavy (non-hydrogen) atoms. The van der Waals surface area contributed by atoms with E-state index in [1.807, 2.05) is 40.1 Å². The average Bonchev–Trinajstić information content (AvgIpc) is 3.34. The van der Waals surface area contributed by atoms with Gasteiger partial charge in [-0.2, -0.15) is 4.31 Å². The Kier molecular flexibility index (Phi) is 5.21. The Labute approximate surface area is 164 Å². The van der Waals surface area contributed by atoms with E-state index in [-0.39, 0.29) is 12.1 Å². The molecule has 4 rings (SSSR count). The number of rotatable bonds is 5. The Morgan fingerprint density at radius 3 is 2.37 bits per heavy atom. The summed E-state index contributed by atoms with van der Waals surface area (Å²) in [5.41, 5.74) is 1.13. The number of urea groups is 1. The summed E-state index contributed by atoms with van der Waals surface area (Å²) in [5, 5.41) is 1.78. The molecule has 2 saturated heterocycles. The van der Waals surface area contributed by atoms with Crippen molar-refractivity contribution < 1.29 is 13.2 Å². The molecular weight excluding hydrogens is 382 g/mol. The highest BCUT2D eigenvalue weighted by atomic mass is 32.2. The first-order valence-corrected chi connectivity index (χ1v) is 11.5. The zero-order valence-electron chi connectivity index (χ0n) is 15.0. The number of carbonyl (C=O) groups is 1. The summed E-state index contributed by atoms with van der Waals surface area (Å²) in [7, 11) is -3.39. The molecule has 2 aliphatic rings.